The third-order valence-electron chi connectivity index (χ3n) is 2.91. The summed E-state index contributed by atoms with van der Waals surface area (Å²) < 4.78 is 0. The summed E-state index contributed by atoms with van der Waals surface area (Å²) in [5.74, 6) is -0.318. The second-order valence-electron chi connectivity index (χ2n) is 4.74. The minimum absolute atomic E-state index is 0.0342. The Bertz CT molecular complexity index is 725. The standard InChI is InChI=1S/C14H16N6O3/c1-2-3-9-19-17-14(16-18-19)15-13(21)8-7-11-5-4-6-12(10-11)20(22)23/h4-8,10H,2-3,9H2,1H3,(H,15,17,21). The van der Waals surface area contributed by atoms with Crippen LogP contribution < -0.4 is 5.32 Å². The summed E-state index contributed by atoms with van der Waals surface area (Å²) in [6, 6.07) is 5.98. The highest BCUT2D eigenvalue weighted by Gasteiger charge is 2.06. The molecule has 0 aliphatic carbocycles. The molecule has 0 radical (unpaired) electrons. The smallest absolute Gasteiger partial charge is 0.270 e. The number of unbranched alkanes of at least 4 members (excludes halogenated alkanes) is 1. The number of aryl methyl sites for hydroxylation is 1. The number of aromatic nitrogens is 4. The molecule has 0 fully saturated rings. The van der Waals surface area contributed by atoms with Gasteiger partial charge in [0.05, 0.1) is 11.5 Å². The van der Waals surface area contributed by atoms with Gasteiger partial charge in [0.1, 0.15) is 0 Å². The van der Waals surface area contributed by atoms with E-state index in [9.17, 15) is 14.9 Å². The average Bonchev–Trinajstić information content (AvgIpc) is 2.98. The van der Waals surface area contributed by atoms with E-state index in [0.29, 0.717) is 12.1 Å². The van der Waals surface area contributed by atoms with Crippen molar-refractivity contribution < 1.29 is 9.72 Å². The van der Waals surface area contributed by atoms with Crippen molar-refractivity contribution in [3.63, 3.8) is 0 Å². The first kappa shape index (κ1) is 16.3. The van der Waals surface area contributed by atoms with E-state index < -0.39 is 10.8 Å². The van der Waals surface area contributed by atoms with Crippen LogP contribution in [0.3, 0.4) is 0 Å². The maximum Gasteiger partial charge on any atom is 0.270 e. The van der Waals surface area contributed by atoms with Crippen LogP contribution >= 0.6 is 0 Å². The molecule has 0 aliphatic heterocycles. The average molecular weight is 316 g/mol. The number of carbonyl (C=O) groups is 1. The first-order valence-electron chi connectivity index (χ1n) is 7.10. The molecule has 9 heteroatoms. The van der Waals surface area contributed by atoms with Crippen molar-refractivity contribution in [2.45, 2.75) is 26.3 Å². The predicted octanol–water partition coefficient (Wildman–Crippen LogP) is 2.03. The number of nitrogens with zero attached hydrogens (tertiary/aromatic N) is 5. The van der Waals surface area contributed by atoms with Crippen LogP contribution in [-0.2, 0) is 11.3 Å². The van der Waals surface area contributed by atoms with Crippen LogP contribution in [-0.4, -0.2) is 31.0 Å². The summed E-state index contributed by atoms with van der Waals surface area (Å²) in [6.07, 6.45) is 4.67. The lowest BCUT2D eigenvalue weighted by Gasteiger charge is -1.96. The van der Waals surface area contributed by atoms with Gasteiger partial charge in [0, 0.05) is 18.2 Å². The Hall–Kier alpha value is -3.10. The fourth-order valence-corrected chi connectivity index (χ4v) is 1.75. The van der Waals surface area contributed by atoms with Crippen LogP contribution in [0, 0.1) is 10.1 Å². The van der Waals surface area contributed by atoms with Crippen molar-refractivity contribution in [1.82, 2.24) is 20.2 Å². The second-order valence-corrected chi connectivity index (χ2v) is 4.74. The van der Waals surface area contributed by atoms with E-state index in [1.165, 1.54) is 29.1 Å². The zero-order valence-corrected chi connectivity index (χ0v) is 12.5. The lowest BCUT2D eigenvalue weighted by Crippen LogP contribution is -2.10. The largest absolute Gasteiger partial charge is 0.288 e. The van der Waals surface area contributed by atoms with Gasteiger partial charge in [-0.2, -0.15) is 4.80 Å². The van der Waals surface area contributed by atoms with Gasteiger partial charge >= 0.3 is 0 Å². The molecule has 0 aliphatic rings. The van der Waals surface area contributed by atoms with Crippen LogP contribution in [0.15, 0.2) is 30.3 Å². The van der Waals surface area contributed by atoms with Crippen molar-refractivity contribution in [3.8, 4) is 0 Å². The number of hydrogen-bond acceptors (Lipinski definition) is 6. The molecule has 23 heavy (non-hydrogen) atoms. The number of tetrazole rings is 1. The van der Waals surface area contributed by atoms with Crippen molar-refractivity contribution >= 4 is 23.6 Å². The van der Waals surface area contributed by atoms with E-state index in [2.05, 4.69) is 27.7 Å². The molecule has 0 spiro atoms. The normalized spacial score (nSPS) is 10.8. The Labute approximate surface area is 132 Å². The van der Waals surface area contributed by atoms with Gasteiger partial charge in [0.25, 0.3) is 17.5 Å². The van der Waals surface area contributed by atoms with Gasteiger partial charge in [-0.05, 0) is 23.3 Å². The third kappa shape index (κ3) is 4.99. The van der Waals surface area contributed by atoms with Crippen molar-refractivity contribution in [1.29, 1.82) is 0 Å². The Balaban J connectivity index is 1.95. The zero-order valence-electron chi connectivity index (χ0n) is 12.5. The molecule has 2 aromatic rings. The van der Waals surface area contributed by atoms with Crippen LogP contribution in [0.5, 0.6) is 0 Å². The van der Waals surface area contributed by atoms with Gasteiger partial charge in [-0.25, -0.2) is 0 Å². The molecule has 1 N–H and O–H groups in total. The molecule has 1 heterocycles. The molecule has 0 saturated carbocycles. The molecule has 1 amide bonds. The van der Waals surface area contributed by atoms with Crippen molar-refractivity contribution in [2.24, 2.45) is 0 Å². The van der Waals surface area contributed by atoms with Gasteiger partial charge in [-0.1, -0.05) is 30.6 Å². The molecule has 9 nitrogen and oxygen atoms in total. The summed E-state index contributed by atoms with van der Waals surface area (Å²) in [5, 5.41) is 24.7. The lowest BCUT2D eigenvalue weighted by molar-refractivity contribution is -0.384. The van der Waals surface area contributed by atoms with E-state index in [4.69, 9.17) is 0 Å². The molecule has 1 aromatic carbocycles. The van der Waals surface area contributed by atoms with Gasteiger partial charge in [-0.3, -0.25) is 20.2 Å². The van der Waals surface area contributed by atoms with Gasteiger partial charge in [0.15, 0.2) is 0 Å². The SMILES string of the molecule is CCCCn1nnc(NC(=O)C=Cc2cccc([N+](=O)[O-])c2)n1. The number of benzene rings is 1. The number of anilines is 1. The summed E-state index contributed by atoms with van der Waals surface area (Å²) in [7, 11) is 0. The molecular formula is C14H16N6O3. The Morgan fingerprint density at radius 3 is 3.04 bits per heavy atom. The minimum Gasteiger partial charge on any atom is -0.288 e. The third-order valence-corrected chi connectivity index (χ3v) is 2.91. The first-order chi connectivity index (χ1) is 11.1. The zero-order chi connectivity index (χ0) is 16.7. The summed E-state index contributed by atoms with van der Waals surface area (Å²) >= 11 is 0. The number of nitro benzene ring substituents is 1. The van der Waals surface area contributed by atoms with Crippen LogP contribution in [0.25, 0.3) is 6.08 Å². The number of rotatable bonds is 7. The highest BCUT2D eigenvalue weighted by atomic mass is 16.6. The molecule has 0 unspecified atom stereocenters. The fourth-order valence-electron chi connectivity index (χ4n) is 1.75. The Morgan fingerprint density at radius 1 is 1.48 bits per heavy atom. The molecular weight excluding hydrogens is 300 g/mol. The monoisotopic (exact) mass is 316 g/mol. The maximum absolute atomic E-state index is 11.8. The van der Waals surface area contributed by atoms with Gasteiger partial charge in [-0.15, -0.1) is 5.10 Å². The highest BCUT2D eigenvalue weighted by Crippen LogP contribution is 2.14. The van der Waals surface area contributed by atoms with Crippen LogP contribution in [0.1, 0.15) is 25.3 Å². The summed E-state index contributed by atoms with van der Waals surface area (Å²) in [4.78, 5) is 23.4. The lowest BCUT2D eigenvalue weighted by atomic mass is 10.2. The second kappa shape index (κ2) is 7.78. The van der Waals surface area contributed by atoms with E-state index in [1.54, 1.807) is 12.1 Å². The quantitative estimate of drug-likeness (QED) is 0.474. The Kier molecular flexibility index (Phi) is 5.50. The highest BCUT2D eigenvalue weighted by molar-refractivity contribution is 6.00. The Morgan fingerprint density at radius 2 is 2.30 bits per heavy atom. The summed E-state index contributed by atoms with van der Waals surface area (Å²) in [6.45, 7) is 2.70. The number of amides is 1. The molecule has 0 bridgehead atoms. The van der Waals surface area contributed by atoms with E-state index in [0.717, 1.165) is 12.8 Å². The number of nitro groups is 1. The molecule has 2 rings (SSSR count). The topological polar surface area (TPSA) is 116 Å². The molecule has 120 valence electrons. The first-order valence-corrected chi connectivity index (χ1v) is 7.10. The molecule has 1 aromatic heterocycles. The number of non-ortho nitro benzene ring substituents is 1. The number of nitrogens with one attached hydrogen (secondary N) is 1. The van der Waals surface area contributed by atoms with Gasteiger partial charge in [0.2, 0.25) is 0 Å². The van der Waals surface area contributed by atoms with E-state index >= 15 is 0 Å². The molecule has 0 atom stereocenters. The number of hydrogen-bond donors (Lipinski definition) is 1. The minimum atomic E-state index is -0.490. The van der Waals surface area contributed by atoms with Crippen molar-refractivity contribution in [3.05, 3.63) is 46.0 Å². The van der Waals surface area contributed by atoms with E-state index in [-0.39, 0.29) is 11.6 Å². The van der Waals surface area contributed by atoms with Crippen LogP contribution in [0.4, 0.5) is 11.6 Å². The summed E-state index contributed by atoms with van der Waals surface area (Å²) in [5.41, 5.74) is 0.516. The maximum atomic E-state index is 11.8. The molecule has 0 saturated heterocycles. The van der Waals surface area contributed by atoms with E-state index in [1.807, 2.05) is 0 Å². The van der Waals surface area contributed by atoms with Crippen LogP contribution in [0.2, 0.25) is 0 Å². The van der Waals surface area contributed by atoms with Crippen molar-refractivity contribution in [2.75, 3.05) is 5.32 Å². The number of carbonyl (C=O) groups excluding carboxylic acids is 1. The fraction of sp³-hybridized carbons (Fsp3) is 0.286. The predicted molar refractivity (Wildman–Crippen MR) is 83.5 cm³/mol. The van der Waals surface area contributed by atoms with Gasteiger partial charge < -0.3 is 0 Å².